The summed E-state index contributed by atoms with van der Waals surface area (Å²) in [6, 6.07) is -0.731. The summed E-state index contributed by atoms with van der Waals surface area (Å²) in [7, 11) is 0. The number of fused-ring (bicyclic) bond motifs is 1. The molecule has 0 saturated heterocycles. The molecule has 12 heavy (non-hydrogen) atoms. The third-order valence-electron chi connectivity index (χ3n) is 2.87. The van der Waals surface area contributed by atoms with Crippen molar-refractivity contribution in [2.45, 2.75) is 38.6 Å². The molecule has 0 radical (unpaired) electrons. The highest BCUT2D eigenvalue weighted by molar-refractivity contribution is 5.72. The first-order valence-electron chi connectivity index (χ1n) is 4.59. The molecule has 70 valence electrons. The molecule has 3 nitrogen and oxygen atoms in total. The van der Waals surface area contributed by atoms with E-state index in [-0.39, 0.29) is 0 Å². The van der Waals surface area contributed by atoms with Crippen LogP contribution in [0, 0.1) is 11.8 Å². The van der Waals surface area contributed by atoms with Crippen LogP contribution in [-0.4, -0.2) is 17.1 Å². The van der Waals surface area contributed by atoms with E-state index in [1.807, 2.05) is 0 Å². The van der Waals surface area contributed by atoms with E-state index in [0.29, 0.717) is 0 Å². The topological polar surface area (TPSA) is 63.3 Å². The zero-order chi connectivity index (χ0) is 9.14. The van der Waals surface area contributed by atoms with E-state index in [9.17, 15) is 4.79 Å². The van der Waals surface area contributed by atoms with E-state index >= 15 is 0 Å². The molecule has 0 aromatic rings. The van der Waals surface area contributed by atoms with E-state index in [0.717, 1.165) is 0 Å². The monoisotopic (exact) mass is 171 g/mol. The highest BCUT2D eigenvalue weighted by Crippen LogP contribution is 2.49. The van der Waals surface area contributed by atoms with Crippen molar-refractivity contribution in [2.75, 3.05) is 0 Å². The van der Waals surface area contributed by atoms with Gasteiger partial charge in [-0.25, -0.2) is 0 Å². The Hall–Kier alpha value is -0.570. The normalized spacial score (nSPS) is 32.8. The van der Waals surface area contributed by atoms with Crippen LogP contribution in [0.2, 0.25) is 0 Å². The van der Waals surface area contributed by atoms with Crippen LogP contribution in [0.25, 0.3) is 0 Å². The average molecular weight is 171 g/mol. The number of nitrogens with two attached hydrogens (primary N) is 1. The average Bonchev–Trinajstić information content (AvgIpc) is 1.97. The van der Waals surface area contributed by atoms with Gasteiger partial charge in [-0.05, 0) is 44.4 Å². The van der Waals surface area contributed by atoms with E-state index in [1.54, 1.807) is 25.7 Å². The Morgan fingerprint density at radius 3 is 1.58 bits per heavy atom. The third kappa shape index (κ3) is 2.21. The van der Waals surface area contributed by atoms with E-state index in [4.69, 9.17) is 10.8 Å². The van der Waals surface area contributed by atoms with Crippen LogP contribution in [0.5, 0.6) is 0 Å². The van der Waals surface area contributed by atoms with E-state index in [2.05, 4.69) is 0 Å². The Morgan fingerprint density at radius 1 is 1.33 bits per heavy atom. The SMILES string of the molecule is C1CC2CCC12.CC(N)C(=O)O. The minimum atomic E-state index is -0.963. The van der Waals surface area contributed by atoms with Crippen LogP contribution in [0.1, 0.15) is 32.6 Å². The zero-order valence-electron chi connectivity index (χ0n) is 7.49. The summed E-state index contributed by atoms with van der Waals surface area (Å²) < 4.78 is 0. The Balaban J connectivity index is 0.000000120. The molecule has 2 rings (SSSR count). The summed E-state index contributed by atoms with van der Waals surface area (Å²) in [6.07, 6.45) is 6.24. The molecule has 2 aliphatic rings. The molecular weight excluding hydrogens is 154 g/mol. The molecule has 2 aliphatic carbocycles. The van der Waals surface area contributed by atoms with Crippen LogP contribution in [0.3, 0.4) is 0 Å². The smallest absolute Gasteiger partial charge is 0.320 e. The quantitative estimate of drug-likeness (QED) is 0.623. The van der Waals surface area contributed by atoms with Crippen molar-refractivity contribution in [1.82, 2.24) is 0 Å². The van der Waals surface area contributed by atoms with Gasteiger partial charge < -0.3 is 10.8 Å². The minimum absolute atomic E-state index is 0.731. The first kappa shape index (κ1) is 9.52. The molecule has 0 aromatic carbocycles. The predicted molar refractivity (Wildman–Crippen MR) is 46.7 cm³/mol. The standard InChI is InChI=1S/C6H10.C3H7NO2/c1-2-6-4-3-5(1)6;1-2(4)3(5)6/h5-6H,1-4H2;2H,4H2,1H3,(H,5,6). The van der Waals surface area contributed by atoms with Crippen molar-refractivity contribution >= 4 is 5.97 Å². The maximum absolute atomic E-state index is 9.57. The first-order chi connectivity index (χ1) is 5.61. The lowest BCUT2D eigenvalue weighted by atomic mass is 9.60. The first-order valence-corrected chi connectivity index (χ1v) is 4.59. The number of hydrogen-bond acceptors (Lipinski definition) is 2. The molecule has 2 saturated carbocycles. The van der Waals surface area contributed by atoms with Crippen molar-refractivity contribution < 1.29 is 9.90 Å². The Kier molecular flexibility index (Phi) is 3.09. The molecular formula is C9H17NO2. The van der Waals surface area contributed by atoms with Crippen LogP contribution in [0.15, 0.2) is 0 Å². The summed E-state index contributed by atoms with van der Waals surface area (Å²) in [5.41, 5.74) is 4.84. The lowest BCUT2D eigenvalue weighted by Gasteiger charge is -2.46. The molecule has 3 heteroatoms. The molecule has 0 amide bonds. The largest absolute Gasteiger partial charge is 0.480 e. The second-order valence-corrected chi connectivity index (χ2v) is 3.80. The highest BCUT2D eigenvalue weighted by atomic mass is 16.4. The summed E-state index contributed by atoms with van der Waals surface area (Å²) >= 11 is 0. The fourth-order valence-electron chi connectivity index (χ4n) is 1.56. The number of carbonyl (C=O) groups is 1. The lowest BCUT2D eigenvalue weighted by Crippen LogP contribution is -2.34. The van der Waals surface area contributed by atoms with E-state index in [1.165, 1.54) is 18.8 Å². The van der Waals surface area contributed by atoms with E-state index < -0.39 is 12.0 Å². The lowest BCUT2D eigenvalue weighted by molar-refractivity contribution is -0.138. The summed E-state index contributed by atoms with van der Waals surface area (Å²) in [5.74, 6) is 1.46. The number of carboxylic acids is 1. The molecule has 3 N–H and O–H groups in total. The fourth-order valence-corrected chi connectivity index (χ4v) is 1.56. The van der Waals surface area contributed by atoms with Crippen molar-refractivity contribution in [3.63, 3.8) is 0 Å². The second-order valence-electron chi connectivity index (χ2n) is 3.80. The molecule has 0 heterocycles. The molecule has 1 unspecified atom stereocenters. The zero-order valence-corrected chi connectivity index (χ0v) is 7.49. The van der Waals surface area contributed by atoms with Gasteiger partial charge in [-0.15, -0.1) is 0 Å². The van der Waals surface area contributed by atoms with Crippen LogP contribution in [0.4, 0.5) is 0 Å². The minimum Gasteiger partial charge on any atom is -0.480 e. The van der Waals surface area contributed by atoms with Crippen molar-refractivity contribution in [1.29, 1.82) is 0 Å². The van der Waals surface area contributed by atoms with Gasteiger partial charge in [0.05, 0.1) is 0 Å². The second kappa shape index (κ2) is 3.90. The number of hydrogen-bond donors (Lipinski definition) is 2. The van der Waals surface area contributed by atoms with Gasteiger partial charge in [0, 0.05) is 0 Å². The summed E-state index contributed by atoms with van der Waals surface area (Å²) in [5, 5.41) is 7.87. The fraction of sp³-hybridized carbons (Fsp3) is 0.889. The van der Waals surface area contributed by atoms with Crippen LogP contribution in [-0.2, 0) is 4.79 Å². The third-order valence-corrected chi connectivity index (χ3v) is 2.87. The van der Waals surface area contributed by atoms with Gasteiger partial charge in [0.25, 0.3) is 0 Å². The Bertz CT molecular complexity index is 150. The molecule has 2 fully saturated rings. The maximum Gasteiger partial charge on any atom is 0.320 e. The number of aliphatic carboxylic acids is 1. The van der Waals surface area contributed by atoms with Crippen molar-refractivity contribution in [3.8, 4) is 0 Å². The van der Waals surface area contributed by atoms with Gasteiger partial charge in [-0.1, -0.05) is 0 Å². The summed E-state index contributed by atoms with van der Waals surface area (Å²) in [6.45, 7) is 1.42. The van der Waals surface area contributed by atoms with Crippen LogP contribution < -0.4 is 5.73 Å². The van der Waals surface area contributed by atoms with Crippen molar-refractivity contribution in [2.24, 2.45) is 17.6 Å². The molecule has 0 aliphatic heterocycles. The Morgan fingerprint density at radius 2 is 1.58 bits per heavy atom. The van der Waals surface area contributed by atoms with Gasteiger partial charge in [0.15, 0.2) is 0 Å². The molecule has 1 atom stereocenters. The van der Waals surface area contributed by atoms with Gasteiger partial charge in [-0.2, -0.15) is 0 Å². The van der Waals surface area contributed by atoms with Gasteiger partial charge in [0.2, 0.25) is 0 Å². The maximum atomic E-state index is 9.57. The predicted octanol–water partition coefficient (Wildman–Crippen LogP) is 1.22. The summed E-state index contributed by atoms with van der Waals surface area (Å²) in [4.78, 5) is 9.57. The Labute approximate surface area is 72.9 Å². The number of rotatable bonds is 1. The molecule has 0 aromatic heterocycles. The highest BCUT2D eigenvalue weighted by Gasteiger charge is 2.37. The molecule has 0 bridgehead atoms. The van der Waals surface area contributed by atoms with Gasteiger partial charge >= 0.3 is 5.97 Å². The van der Waals surface area contributed by atoms with Crippen molar-refractivity contribution in [3.05, 3.63) is 0 Å². The van der Waals surface area contributed by atoms with Crippen LogP contribution >= 0.6 is 0 Å². The number of carboxylic acid groups (broad SMARTS) is 1. The van der Waals surface area contributed by atoms with Gasteiger partial charge in [0.1, 0.15) is 6.04 Å². The molecule has 0 spiro atoms. The van der Waals surface area contributed by atoms with Gasteiger partial charge in [-0.3, -0.25) is 4.79 Å².